The molecule has 0 rings (SSSR count). The van der Waals surface area contributed by atoms with Crippen LogP contribution in [-0.2, 0) is 19.1 Å². The van der Waals surface area contributed by atoms with Crippen LogP contribution in [-0.4, -0.2) is 34.5 Å². The summed E-state index contributed by atoms with van der Waals surface area (Å²) in [6, 6.07) is 0. The van der Waals surface area contributed by atoms with Crippen molar-refractivity contribution in [2.24, 2.45) is 5.92 Å². The zero-order valence-corrected chi connectivity index (χ0v) is 12.0. The van der Waals surface area contributed by atoms with Crippen LogP contribution < -0.4 is 0 Å². The molecular formula is C13H24O6. The summed E-state index contributed by atoms with van der Waals surface area (Å²) >= 11 is 0. The Labute approximate surface area is 114 Å². The van der Waals surface area contributed by atoms with Gasteiger partial charge in [0.15, 0.2) is 5.79 Å². The summed E-state index contributed by atoms with van der Waals surface area (Å²) in [6.07, 6.45) is 1.41. The Morgan fingerprint density at radius 1 is 1.32 bits per heavy atom. The van der Waals surface area contributed by atoms with Crippen LogP contribution in [0.2, 0.25) is 0 Å². The van der Waals surface area contributed by atoms with Crippen LogP contribution in [0.1, 0.15) is 40.5 Å². The van der Waals surface area contributed by atoms with Gasteiger partial charge in [0, 0.05) is 5.92 Å². The van der Waals surface area contributed by atoms with Crippen molar-refractivity contribution in [3.8, 4) is 0 Å². The van der Waals surface area contributed by atoms with E-state index < -0.39 is 17.7 Å². The van der Waals surface area contributed by atoms with Crippen LogP contribution in [0.15, 0.2) is 12.8 Å². The molecule has 0 spiro atoms. The van der Waals surface area contributed by atoms with Gasteiger partial charge in [-0.15, -0.1) is 0 Å². The molecule has 0 aliphatic heterocycles. The highest BCUT2D eigenvalue weighted by Crippen LogP contribution is 2.15. The van der Waals surface area contributed by atoms with E-state index in [1.54, 1.807) is 13.8 Å². The first-order chi connectivity index (χ1) is 8.68. The molecule has 0 heterocycles. The van der Waals surface area contributed by atoms with Gasteiger partial charge in [0.05, 0.1) is 12.9 Å². The van der Waals surface area contributed by atoms with E-state index in [2.05, 4.69) is 16.1 Å². The van der Waals surface area contributed by atoms with Crippen LogP contribution in [0.25, 0.3) is 0 Å². The van der Waals surface area contributed by atoms with Crippen molar-refractivity contribution in [1.29, 1.82) is 0 Å². The Balaban J connectivity index is 0. The van der Waals surface area contributed by atoms with E-state index in [1.807, 2.05) is 6.92 Å². The highest BCUT2D eigenvalue weighted by atomic mass is 16.5. The van der Waals surface area contributed by atoms with Gasteiger partial charge in [-0.1, -0.05) is 20.4 Å². The van der Waals surface area contributed by atoms with Crippen molar-refractivity contribution in [3.63, 3.8) is 0 Å². The predicted molar refractivity (Wildman–Crippen MR) is 69.8 cm³/mol. The van der Waals surface area contributed by atoms with Gasteiger partial charge in [0.2, 0.25) is 0 Å². The lowest BCUT2D eigenvalue weighted by Gasteiger charge is -2.22. The van der Waals surface area contributed by atoms with E-state index in [4.69, 9.17) is 10.2 Å². The topological polar surface area (TPSA) is 93.1 Å². The first-order valence-electron chi connectivity index (χ1n) is 6.09. The smallest absolute Gasteiger partial charge is 0.321 e. The zero-order valence-electron chi connectivity index (χ0n) is 12.0. The van der Waals surface area contributed by atoms with Crippen molar-refractivity contribution in [2.75, 3.05) is 6.61 Å². The van der Waals surface area contributed by atoms with Crippen molar-refractivity contribution in [2.45, 2.75) is 46.3 Å². The molecule has 0 aromatic rings. The average molecular weight is 276 g/mol. The molecule has 0 bridgehead atoms. The van der Waals surface area contributed by atoms with Crippen molar-refractivity contribution < 1.29 is 29.3 Å². The fourth-order valence-corrected chi connectivity index (χ4v) is 0.851. The Bertz CT molecular complexity index is 279. The average Bonchev–Trinajstić information content (AvgIpc) is 2.28. The summed E-state index contributed by atoms with van der Waals surface area (Å²) < 4.78 is 8.77. The molecule has 1 atom stereocenters. The molecule has 2 N–H and O–H groups in total. The molecule has 0 aromatic carbocycles. The summed E-state index contributed by atoms with van der Waals surface area (Å²) in [5.74, 6) is -2.77. The maximum absolute atomic E-state index is 10.6. The van der Waals surface area contributed by atoms with Gasteiger partial charge in [0.25, 0.3) is 0 Å². The molecule has 0 fully saturated rings. The summed E-state index contributed by atoms with van der Waals surface area (Å²) in [6.45, 7) is 10.2. The van der Waals surface area contributed by atoms with Gasteiger partial charge >= 0.3 is 11.9 Å². The van der Waals surface area contributed by atoms with E-state index in [9.17, 15) is 9.59 Å². The molecule has 6 heteroatoms. The molecule has 0 aromatic heterocycles. The summed E-state index contributed by atoms with van der Waals surface area (Å²) in [7, 11) is 0. The molecule has 0 radical (unpaired) electrons. The van der Waals surface area contributed by atoms with E-state index in [0.717, 1.165) is 12.7 Å². The third-order valence-electron chi connectivity index (χ3n) is 2.35. The number of esters is 2. The summed E-state index contributed by atoms with van der Waals surface area (Å²) in [5, 5.41) is 17.7. The lowest BCUT2D eigenvalue weighted by Crippen LogP contribution is -2.31. The van der Waals surface area contributed by atoms with Crippen LogP contribution >= 0.6 is 0 Å². The molecule has 0 saturated carbocycles. The SMILES string of the molecule is C=COC(=O)CC(=O)OCC.CCC(C)C(C)(O)O. The van der Waals surface area contributed by atoms with Crippen LogP contribution in [0, 0.1) is 5.92 Å². The maximum atomic E-state index is 10.6. The number of ether oxygens (including phenoxy) is 2. The quantitative estimate of drug-likeness (QED) is 0.329. The first kappa shape index (κ1) is 19.9. The first-order valence-corrected chi connectivity index (χ1v) is 6.09. The number of carbonyl (C=O) groups is 2. The van der Waals surface area contributed by atoms with Gasteiger partial charge in [-0.3, -0.25) is 9.59 Å². The largest absolute Gasteiger partial charge is 0.466 e. The molecule has 19 heavy (non-hydrogen) atoms. The monoisotopic (exact) mass is 276 g/mol. The molecule has 0 amide bonds. The van der Waals surface area contributed by atoms with Gasteiger partial charge in [0.1, 0.15) is 6.42 Å². The second-order valence-electron chi connectivity index (χ2n) is 4.04. The van der Waals surface area contributed by atoms with E-state index in [1.165, 1.54) is 6.92 Å². The molecule has 1 unspecified atom stereocenters. The zero-order chi connectivity index (χ0) is 15.5. The molecule has 0 aliphatic rings. The third kappa shape index (κ3) is 12.8. The van der Waals surface area contributed by atoms with E-state index in [0.29, 0.717) is 0 Å². The Hall–Kier alpha value is -1.40. The number of hydrogen-bond donors (Lipinski definition) is 2. The predicted octanol–water partition coefficient (Wildman–Crippen LogP) is 1.36. The Morgan fingerprint density at radius 3 is 2.11 bits per heavy atom. The van der Waals surface area contributed by atoms with Crippen LogP contribution in [0.5, 0.6) is 0 Å². The van der Waals surface area contributed by atoms with Crippen LogP contribution in [0.3, 0.4) is 0 Å². The highest BCUT2D eigenvalue weighted by Gasteiger charge is 2.22. The number of aliphatic hydroxyl groups is 2. The highest BCUT2D eigenvalue weighted by molar-refractivity contribution is 5.91. The van der Waals surface area contributed by atoms with Gasteiger partial charge in [-0.05, 0) is 20.3 Å². The van der Waals surface area contributed by atoms with E-state index in [-0.39, 0.29) is 18.9 Å². The third-order valence-corrected chi connectivity index (χ3v) is 2.35. The maximum Gasteiger partial charge on any atom is 0.321 e. The minimum atomic E-state index is -1.49. The second-order valence-corrected chi connectivity index (χ2v) is 4.04. The fourth-order valence-electron chi connectivity index (χ4n) is 0.851. The number of rotatable bonds is 6. The minimum Gasteiger partial charge on any atom is -0.466 e. The standard InChI is InChI=1S/C7H10O4.C6H14O2/c1-3-10-6(8)5-7(9)11-4-2;1-4-5(2)6(3,7)8/h3H,1,4-5H2,2H3;5,7-8H,4H2,1-3H3. The van der Waals surface area contributed by atoms with E-state index >= 15 is 0 Å². The summed E-state index contributed by atoms with van der Waals surface area (Å²) in [4.78, 5) is 21.1. The van der Waals surface area contributed by atoms with Crippen LogP contribution in [0.4, 0.5) is 0 Å². The Morgan fingerprint density at radius 2 is 1.84 bits per heavy atom. The fraction of sp³-hybridized carbons (Fsp3) is 0.692. The minimum absolute atomic E-state index is 0.0394. The lowest BCUT2D eigenvalue weighted by molar-refractivity contribution is -0.181. The molecule has 112 valence electrons. The second kappa shape index (κ2) is 10.5. The van der Waals surface area contributed by atoms with Gasteiger partial charge in [-0.2, -0.15) is 0 Å². The van der Waals surface area contributed by atoms with Gasteiger partial charge < -0.3 is 19.7 Å². The van der Waals surface area contributed by atoms with Crippen molar-refractivity contribution >= 4 is 11.9 Å². The molecule has 0 aliphatic carbocycles. The Kier molecular flexibility index (Phi) is 11.0. The lowest BCUT2D eigenvalue weighted by atomic mass is 10.0. The number of carbonyl (C=O) groups excluding carboxylic acids is 2. The molecule has 6 nitrogen and oxygen atoms in total. The van der Waals surface area contributed by atoms with Gasteiger partial charge in [-0.25, -0.2) is 0 Å². The van der Waals surface area contributed by atoms with Crippen molar-refractivity contribution in [3.05, 3.63) is 12.8 Å². The normalized spacial score (nSPS) is 11.7. The number of hydrogen-bond acceptors (Lipinski definition) is 6. The molecular weight excluding hydrogens is 252 g/mol. The van der Waals surface area contributed by atoms with Crippen molar-refractivity contribution in [1.82, 2.24) is 0 Å². The summed E-state index contributed by atoms with van der Waals surface area (Å²) in [5.41, 5.74) is 0. The molecule has 0 saturated heterocycles.